The fourth-order valence-electron chi connectivity index (χ4n) is 1.88. The van der Waals surface area contributed by atoms with Crippen LogP contribution in [0.4, 0.5) is 11.4 Å². The number of aromatic nitrogens is 2. The first-order valence-corrected chi connectivity index (χ1v) is 6.73. The summed E-state index contributed by atoms with van der Waals surface area (Å²) in [6.45, 7) is 2.24. The second-order valence-corrected chi connectivity index (χ2v) is 4.84. The van der Waals surface area contributed by atoms with Crippen LogP contribution in [0, 0.1) is 6.92 Å². The van der Waals surface area contributed by atoms with Crippen LogP contribution in [-0.4, -0.2) is 15.5 Å². The molecular weight excluding hydrogens is 268 g/mol. The highest BCUT2D eigenvalue weighted by Crippen LogP contribution is 2.11. The first-order chi connectivity index (χ1) is 10.0. The van der Waals surface area contributed by atoms with Gasteiger partial charge in [-0.25, -0.2) is 4.98 Å². The molecule has 0 fully saturated rings. The second-order valence-electron chi connectivity index (χ2n) is 4.84. The predicted octanol–water partition coefficient (Wildman–Crippen LogP) is 1.55. The summed E-state index contributed by atoms with van der Waals surface area (Å²) in [6.07, 6.45) is 2.42. The number of hydrogen-bond donors (Lipinski definition) is 2. The smallest absolute Gasteiger partial charge is 0.253 e. The van der Waals surface area contributed by atoms with E-state index >= 15 is 0 Å². The molecule has 110 valence electrons. The van der Waals surface area contributed by atoms with E-state index in [2.05, 4.69) is 10.3 Å². The highest BCUT2D eigenvalue weighted by atomic mass is 16.1. The van der Waals surface area contributed by atoms with Crippen molar-refractivity contribution >= 4 is 17.3 Å². The van der Waals surface area contributed by atoms with Crippen molar-refractivity contribution in [2.24, 2.45) is 0 Å². The molecule has 6 nitrogen and oxygen atoms in total. The van der Waals surface area contributed by atoms with Gasteiger partial charge < -0.3 is 11.1 Å². The summed E-state index contributed by atoms with van der Waals surface area (Å²) < 4.78 is 1.50. The maximum Gasteiger partial charge on any atom is 0.253 e. The number of nitrogens with one attached hydrogen (secondary N) is 1. The van der Waals surface area contributed by atoms with E-state index in [1.54, 1.807) is 31.2 Å². The molecule has 0 aliphatic carbocycles. The first-order valence-electron chi connectivity index (χ1n) is 6.73. The lowest BCUT2D eigenvalue weighted by molar-refractivity contribution is -0.116. The molecule has 6 heteroatoms. The highest BCUT2D eigenvalue weighted by molar-refractivity contribution is 5.90. The number of benzene rings is 1. The topological polar surface area (TPSA) is 90.0 Å². The summed E-state index contributed by atoms with van der Waals surface area (Å²) in [5.41, 5.74) is 7.54. The largest absolute Gasteiger partial charge is 0.399 e. The van der Waals surface area contributed by atoms with Gasteiger partial charge in [0.15, 0.2) is 0 Å². The molecule has 0 unspecified atom stereocenters. The number of anilines is 2. The number of carbonyl (C=O) groups excluding carboxylic acids is 1. The summed E-state index contributed by atoms with van der Waals surface area (Å²) in [5, 5.41) is 2.78. The summed E-state index contributed by atoms with van der Waals surface area (Å²) in [7, 11) is 0. The van der Waals surface area contributed by atoms with E-state index in [1.165, 1.54) is 17.0 Å². The van der Waals surface area contributed by atoms with E-state index in [1.807, 2.05) is 0 Å². The van der Waals surface area contributed by atoms with Gasteiger partial charge in [-0.15, -0.1) is 0 Å². The average Bonchev–Trinajstić information content (AvgIpc) is 2.44. The Bertz CT molecular complexity index is 677. The Labute approximate surface area is 122 Å². The van der Waals surface area contributed by atoms with Crippen molar-refractivity contribution in [3.05, 3.63) is 52.7 Å². The fraction of sp³-hybridized carbons (Fsp3) is 0.267. The number of rotatable bonds is 5. The number of nitrogens with two attached hydrogens (primary N) is 1. The number of aryl methyl sites for hydroxylation is 2. The lowest BCUT2D eigenvalue weighted by Crippen LogP contribution is -2.21. The minimum atomic E-state index is -0.0959. The Morgan fingerprint density at radius 1 is 1.33 bits per heavy atom. The fourth-order valence-corrected chi connectivity index (χ4v) is 1.88. The van der Waals surface area contributed by atoms with Gasteiger partial charge in [0.25, 0.3) is 5.56 Å². The maximum absolute atomic E-state index is 11.8. The zero-order chi connectivity index (χ0) is 15.2. The van der Waals surface area contributed by atoms with Crippen molar-refractivity contribution in [1.82, 2.24) is 9.55 Å². The molecular formula is C15H18N4O2. The van der Waals surface area contributed by atoms with Crippen LogP contribution in [0.2, 0.25) is 0 Å². The minimum absolute atomic E-state index is 0.0899. The molecule has 21 heavy (non-hydrogen) atoms. The molecule has 1 aromatic carbocycles. The summed E-state index contributed by atoms with van der Waals surface area (Å²) >= 11 is 0. The number of nitrogens with zero attached hydrogens (tertiary/aromatic N) is 2. The van der Waals surface area contributed by atoms with Crippen LogP contribution in [0.1, 0.15) is 18.5 Å². The van der Waals surface area contributed by atoms with Gasteiger partial charge in [0.05, 0.1) is 6.33 Å². The van der Waals surface area contributed by atoms with Crippen LogP contribution in [-0.2, 0) is 11.3 Å². The Hall–Kier alpha value is -2.63. The van der Waals surface area contributed by atoms with Crippen LogP contribution in [0.25, 0.3) is 0 Å². The molecule has 3 N–H and O–H groups in total. The quantitative estimate of drug-likeness (QED) is 0.816. The molecule has 0 saturated heterocycles. The summed E-state index contributed by atoms with van der Waals surface area (Å²) in [5.74, 6) is -0.0899. The van der Waals surface area contributed by atoms with Crippen LogP contribution >= 0.6 is 0 Å². The van der Waals surface area contributed by atoms with Crippen molar-refractivity contribution in [3.63, 3.8) is 0 Å². The van der Waals surface area contributed by atoms with E-state index in [0.717, 1.165) is 0 Å². The van der Waals surface area contributed by atoms with Gasteiger partial charge in [-0.3, -0.25) is 14.2 Å². The summed E-state index contributed by atoms with van der Waals surface area (Å²) in [4.78, 5) is 27.5. The van der Waals surface area contributed by atoms with E-state index in [0.29, 0.717) is 36.5 Å². The van der Waals surface area contributed by atoms with E-state index in [4.69, 9.17) is 5.73 Å². The number of carbonyl (C=O) groups is 1. The zero-order valence-corrected chi connectivity index (χ0v) is 11.9. The molecule has 0 aliphatic heterocycles. The first kappa shape index (κ1) is 14.8. The Kier molecular flexibility index (Phi) is 4.71. The lowest BCUT2D eigenvalue weighted by Gasteiger charge is -2.07. The molecule has 0 saturated carbocycles. The third-order valence-electron chi connectivity index (χ3n) is 3.01. The lowest BCUT2D eigenvalue weighted by atomic mass is 10.2. The van der Waals surface area contributed by atoms with E-state index in [9.17, 15) is 9.59 Å². The summed E-state index contributed by atoms with van der Waals surface area (Å²) in [6, 6.07) is 8.44. The average molecular weight is 286 g/mol. The van der Waals surface area contributed by atoms with Crippen LogP contribution in [0.5, 0.6) is 0 Å². The Morgan fingerprint density at radius 3 is 2.71 bits per heavy atom. The number of amides is 1. The zero-order valence-electron chi connectivity index (χ0n) is 11.9. The standard InChI is InChI=1S/C15H18N4O2/c1-11-9-15(21)19(10-17-11)8-2-3-14(20)18-13-6-4-12(16)5-7-13/h4-7,9-10H,2-3,8,16H2,1H3,(H,18,20). The number of hydrogen-bond acceptors (Lipinski definition) is 4. The van der Waals surface area contributed by atoms with E-state index in [-0.39, 0.29) is 11.5 Å². The highest BCUT2D eigenvalue weighted by Gasteiger charge is 2.03. The Balaban J connectivity index is 1.81. The third kappa shape index (κ3) is 4.45. The van der Waals surface area contributed by atoms with E-state index < -0.39 is 0 Å². The van der Waals surface area contributed by atoms with Crippen LogP contribution in [0.3, 0.4) is 0 Å². The molecule has 0 bridgehead atoms. The van der Waals surface area contributed by atoms with Gasteiger partial charge in [-0.1, -0.05) is 0 Å². The van der Waals surface area contributed by atoms with Crippen molar-refractivity contribution < 1.29 is 4.79 Å². The molecule has 2 rings (SSSR count). The molecule has 1 heterocycles. The van der Waals surface area contributed by atoms with Crippen molar-refractivity contribution in [3.8, 4) is 0 Å². The van der Waals surface area contributed by atoms with Crippen molar-refractivity contribution in [1.29, 1.82) is 0 Å². The minimum Gasteiger partial charge on any atom is -0.399 e. The van der Waals surface area contributed by atoms with Crippen molar-refractivity contribution in [2.45, 2.75) is 26.3 Å². The van der Waals surface area contributed by atoms with Gasteiger partial charge in [0, 0.05) is 36.1 Å². The Morgan fingerprint density at radius 2 is 2.05 bits per heavy atom. The van der Waals surface area contributed by atoms with Crippen LogP contribution < -0.4 is 16.6 Å². The number of nitrogen functional groups attached to an aromatic ring is 1. The molecule has 1 amide bonds. The molecule has 0 atom stereocenters. The second kappa shape index (κ2) is 6.69. The van der Waals surface area contributed by atoms with Crippen LogP contribution in [0.15, 0.2) is 41.5 Å². The molecule has 1 aromatic heterocycles. The normalized spacial score (nSPS) is 10.3. The molecule has 0 radical (unpaired) electrons. The van der Waals surface area contributed by atoms with Gasteiger partial charge in [0.2, 0.25) is 5.91 Å². The SMILES string of the molecule is Cc1cc(=O)n(CCCC(=O)Nc2ccc(N)cc2)cn1. The van der Waals surface area contributed by atoms with Crippen molar-refractivity contribution in [2.75, 3.05) is 11.1 Å². The third-order valence-corrected chi connectivity index (χ3v) is 3.01. The van der Waals surface area contributed by atoms with Gasteiger partial charge in [-0.05, 0) is 37.6 Å². The maximum atomic E-state index is 11.8. The van der Waals surface area contributed by atoms with Gasteiger partial charge in [0.1, 0.15) is 0 Å². The molecule has 0 aliphatic rings. The predicted molar refractivity (Wildman–Crippen MR) is 82.0 cm³/mol. The monoisotopic (exact) mass is 286 g/mol. The molecule has 2 aromatic rings. The van der Waals surface area contributed by atoms with Gasteiger partial charge >= 0.3 is 0 Å². The molecule has 0 spiro atoms. The van der Waals surface area contributed by atoms with Gasteiger partial charge in [-0.2, -0.15) is 0 Å².